The lowest BCUT2D eigenvalue weighted by atomic mass is 9.94. The molecule has 0 radical (unpaired) electrons. The Morgan fingerprint density at radius 2 is 2.05 bits per heavy atom. The summed E-state index contributed by atoms with van der Waals surface area (Å²) in [5, 5.41) is 0. The summed E-state index contributed by atoms with van der Waals surface area (Å²) in [4.78, 5) is 14.5. The number of ether oxygens (including phenoxy) is 1. The van der Waals surface area contributed by atoms with Crippen LogP contribution in [0.15, 0.2) is 36.9 Å². The van der Waals surface area contributed by atoms with Crippen molar-refractivity contribution in [1.82, 2.24) is 4.90 Å². The smallest absolute Gasteiger partial charge is 0.226 e. The third-order valence-electron chi connectivity index (χ3n) is 4.04. The summed E-state index contributed by atoms with van der Waals surface area (Å²) >= 11 is 0. The Bertz CT molecular complexity index is 490. The molecule has 0 saturated carbocycles. The van der Waals surface area contributed by atoms with Gasteiger partial charge >= 0.3 is 0 Å². The zero-order valence-electron chi connectivity index (χ0n) is 12.6. The van der Waals surface area contributed by atoms with Crippen LogP contribution in [0, 0.1) is 5.92 Å². The van der Waals surface area contributed by atoms with E-state index in [9.17, 15) is 4.79 Å². The highest BCUT2D eigenvalue weighted by Gasteiger charge is 2.43. The highest BCUT2D eigenvalue weighted by atomic mass is 16.5. The summed E-state index contributed by atoms with van der Waals surface area (Å²) in [5.74, 6) is 1.16. The maximum absolute atomic E-state index is 12.5. The van der Waals surface area contributed by atoms with Gasteiger partial charge in [-0.2, -0.15) is 0 Å². The Balaban J connectivity index is 2.14. The first kappa shape index (κ1) is 14.6. The Hall–Kier alpha value is -1.77. The van der Waals surface area contributed by atoms with E-state index in [1.807, 2.05) is 35.2 Å². The van der Waals surface area contributed by atoms with Crippen LogP contribution >= 0.6 is 0 Å². The van der Waals surface area contributed by atoms with Crippen LogP contribution in [0.2, 0.25) is 0 Å². The highest BCUT2D eigenvalue weighted by molar-refractivity contribution is 5.82. The normalized spacial score (nSPS) is 21.1. The number of likely N-dealkylation sites (tertiary alicyclic amines) is 1. The summed E-state index contributed by atoms with van der Waals surface area (Å²) < 4.78 is 5.16. The molecule has 0 bridgehead atoms. The van der Waals surface area contributed by atoms with Gasteiger partial charge in [0.15, 0.2) is 0 Å². The van der Waals surface area contributed by atoms with Crippen molar-refractivity contribution in [3.05, 3.63) is 42.5 Å². The number of benzene rings is 1. The van der Waals surface area contributed by atoms with Crippen molar-refractivity contribution >= 4 is 5.91 Å². The lowest BCUT2D eigenvalue weighted by Gasteiger charge is -2.31. The molecule has 108 valence electrons. The average molecular weight is 273 g/mol. The first-order chi connectivity index (χ1) is 9.47. The summed E-state index contributed by atoms with van der Waals surface area (Å²) in [6, 6.07) is 7.90. The molecule has 0 N–H and O–H groups in total. The van der Waals surface area contributed by atoms with Crippen LogP contribution in [0.3, 0.4) is 0 Å². The molecule has 3 heteroatoms. The van der Waals surface area contributed by atoms with Gasteiger partial charge in [0, 0.05) is 18.0 Å². The fourth-order valence-corrected chi connectivity index (χ4v) is 2.91. The van der Waals surface area contributed by atoms with E-state index in [0.29, 0.717) is 6.54 Å². The lowest BCUT2D eigenvalue weighted by Crippen LogP contribution is -2.40. The van der Waals surface area contributed by atoms with Gasteiger partial charge in [-0.25, -0.2) is 0 Å². The van der Waals surface area contributed by atoms with Gasteiger partial charge in [0.2, 0.25) is 5.91 Å². The van der Waals surface area contributed by atoms with Gasteiger partial charge in [-0.05, 0) is 44.4 Å². The Morgan fingerprint density at radius 1 is 1.40 bits per heavy atom. The van der Waals surface area contributed by atoms with Gasteiger partial charge in [-0.15, -0.1) is 6.58 Å². The minimum Gasteiger partial charge on any atom is -0.497 e. The van der Waals surface area contributed by atoms with E-state index in [0.717, 1.165) is 24.2 Å². The fourth-order valence-electron chi connectivity index (χ4n) is 2.91. The highest BCUT2D eigenvalue weighted by Crippen LogP contribution is 2.36. The maximum Gasteiger partial charge on any atom is 0.226 e. The van der Waals surface area contributed by atoms with Crippen molar-refractivity contribution in [3.8, 4) is 5.75 Å². The molecule has 1 amide bonds. The predicted molar refractivity (Wildman–Crippen MR) is 80.5 cm³/mol. The topological polar surface area (TPSA) is 29.5 Å². The molecule has 1 heterocycles. The number of methoxy groups -OCH3 is 1. The fraction of sp³-hybridized carbons (Fsp3) is 0.471. The molecule has 1 unspecified atom stereocenters. The monoisotopic (exact) mass is 273 g/mol. The second-order valence-electron chi connectivity index (χ2n) is 6.01. The number of carbonyl (C=O) groups excluding carboxylic acids is 1. The summed E-state index contributed by atoms with van der Waals surface area (Å²) in [5.41, 5.74) is 1.04. The number of hydrogen-bond donors (Lipinski definition) is 0. The molecule has 1 saturated heterocycles. The maximum atomic E-state index is 12.5. The molecule has 1 aliphatic rings. The van der Waals surface area contributed by atoms with Crippen LogP contribution < -0.4 is 4.74 Å². The van der Waals surface area contributed by atoms with Crippen LogP contribution in [-0.4, -0.2) is 23.5 Å². The largest absolute Gasteiger partial charge is 0.497 e. The van der Waals surface area contributed by atoms with Crippen molar-refractivity contribution in [3.63, 3.8) is 0 Å². The van der Waals surface area contributed by atoms with Crippen LogP contribution in [0.5, 0.6) is 5.75 Å². The number of nitrogens with zero attached hydrogens (tertiary/aromatic N) is 1. The third kappa shape index (κ3) is 2.87. The van der Waals surface area contributed by atoms with E-state index in [1.54, 1.807) is 7.11 Å². The Morgan fingerprint density at radius 3 is 2.60 bits per heavy atom. The molecule has 1 fully saturated rings. The van der Waals surface area contributed by atoms with Gasteiger partial charge in [-0.1, -0.05) is 18.2 Å². The SMILES string of the molecule is C=CCC1CC(C)(C)N(Cc2ccc(OC)cc2)C1=O. The van der Waals surface area contributed by atoms with E-state index in [4.69, 9.17) is 4.74 Å². The van der Waals surface area contributed by atoms with E-state index in [-0.39, 0.29) is 17.4 Å². The summed E-state index contributed by atoms with van der Waals surface area (Å²) in [6.45, 7) is 8.68. The zero-order valence-corrected chi connectivity index (χ0v) is 12.6. The first-order valence-electron chi connectivity index (χ1n) is 7.03. The number of amides is 1. The quantitative estimate of drug-likeness (QED) is 0.770. The van der Waals surface area contributed by atoms with Gasteiger partial charge in [-0.3, -0.25) is 4.79 Å². The van der Waals surface area contributed by atoms with Gasteiger partial charge in [0.25, 0.3) is 0 Å². The Kier molecular flexibility index (Phi) is 4.17. The number of allylic oxidation sites excluding steroid dienone is 1. The van der Waals surface area contributed by atoms with E-state index < -0.39 is 0 Å². The average Bonchev–Trinajstić information content (AvgIpc) is 2.63. The van der Waals surface area contributed by atoms with Crippen molar-refractivity contribution < 1.29 is 9.53 Å². The molecule has 0 aromatic heterocycles. The zero-order chi connectivity index (χ0) is 14.8. The predicted octanol–water partition coefficient (Wildman–Crippen LogP) is 3.40. The molecule has 2 rings (SSSR count). The summed E-state index contributed by atoms with van der Waals surface area (Å²) in [6.07, 6.45) is 3.50. The molecular weight excluding hydrogens is 250 g/mol. The van der Waals surface area contributed by atoms with Crippen molar-refractivity contribution in [2.75, 3.05) is 7.11 Å². The molecule has 1 aromatic carbocycles. The van der Waals surface area contributed by atoms with Crippen LogP contribution in [0.25, 0.3) is 0 Å². The molecule has 1 aromatic rings. The van der Waals surface area contributed by atoms with Crippen LogP contribution in [-0.2, 0) is 11.3 Å². The van der Waals surface area contributed by atoms with Crippen molar-refractivity contribution in [1.29, 1.82) is 0 Å². The molecule has 0 spiro atoms. The van der Waals surface area contributed by atoms with Crippen molar-refractivity contribution in [2.45, 2.75) is 38.8 Å². The third-order valence-corrected chi connectivity index (χ3v) is 4.04. The van der Waals surface area contributed by atoms with Crippen LogP contribution in [0.4, 0.5) is 0 Å². The molecule has 1 atom stereocenters. The van der Waals surface area contributed by atoms with E-state index in [2.05, 4.69) is 20.4 Å². The van der Waals surface area contributed by atoms with E-state index in [1.165, 1.54) is 0 Å². The molecule has 3 nitrogen and oxygen atoms in total. The number of rotatable bonds is 5. The molecule has 0 aliphatic carbocycles. The minimum atomic E-state index is -0.0926. The van der Waals surface area contributed by atoms with Gasteiger partial charge in [0.05, 0.1) is 7.11 Å². The number of carbonyl (C=O) groups is 1. The second-order valence-corrected chi connectivity index (χ2v) is 6.01. The molecule has 1 aliphatic heterocycles. The Labute approximate surface area is 121 Å². The van der Waals surface area contributed by atoms with Crippen molar-refractivity contribution in [2.24, 2.45) is 5.92 Å². The first-order valence-corrected chi connectivity index (χ1v) is 7.03. The molecule has 20 heavy (non-hydrogen) atoms. The van der Waals surface area contributed by atoms with Crippen LogP contribution in [0.1, 0.15) is 32.3 Å². The second kappa shape index (κ2) is 5.70. The standard InChI is InChI=1S/C17H23NO2/c1-5-6-14-11-17(2,3)18(16(14)19)12-13-7-9-15(20-4)10-8-13/h5,7-10,14H,1,6,11-12H2,2-4H3. The summed E-state index contributed by atoms with van der Waals surface area (Å²) in [7, 11) is 1.65. The van der Waals surface area contributed by atoms with Gasteiger partial charge < -0.3 is 9.64 Å². The van der Waals surface area contributed by atoms with E-state index >= 15 is 0 Å². The minimum absolute atomic E-state index is 0.0840. The lowest BCUT2D eigenvalue weighted by molar-refractivity contribution is -0.134. The van der Waals surface area contributed by atoms with Gasteiger partial charge in [0.1, 0.15) is 5.75 Å². The molecular formula is C17H23NO2. The number of hydrogen-bond acceptors (Lipinski definition) is 2.